The summed E-state index contributed by atoms with van der Waals surface area (Å²) in [6, 6.07) is 2.29. The molecule has 0 saturated heterocycles. The molecule has 0 unspecified atom stereocenters. The molecule has 1 amide bonds. The van der Waals surface area contributed by atoms with Crippen molar-refractivity contribution in [3.8, 4) is 0 Å². The smallest absolute Gasteiger partial charge is 0.354 e. The molecular weight excluding hydrogens is 312 g/mol. The van der Waals surface area contributed by atoms with Crippen LogP contribution in [0.1, 0.15) is 21.0 Å². The maximum absolute atomic E-state index is 13.2. The predicted octanol–water partition coefficient (Wildman–Crippen LogP) is 2.81. The second kappa shape index (κ2) is 5.48. The van der Waals surface area contributed by atoms with Gasteiger partial charge in [0.15, 0.2) is 17.2 Å². The van der Waals surface area contributed by atoms with Crippen molar-refractivity contribution in [3.63, 3.8) is 0 Å². The van der Waals surface area contributed by atoms with Gasteiger partial charge in [-0.15, -0.1) is 0 Å². The minimum atomic E-state index is -1.33. The van der Waals surface area contributed by atoms with E-state index in [2.05, 4.69) is 15.3 Å². The van der Waals surface area contributed by atoms with E-state index in [4.69, 9.17) is 28.3 Å². The van der Waals surface area contributed by atoms with E-state index >= 15 is 0 Å². The van der Waals surface area contributed by atoms with Gasteiger partial charge < -0.3 is 15.4 Å². The lowest BCUT2D eigenvalue weighted by Gasteiger charge is -2.06. The average Bonchev–Trinajstić information content (AvgIpc) is 2.85. The number of carboxylic acid groups (broad SMARTS) is 1. The number of aromatic carboxylic acids is 1. The zero-order valence-electron chi connectivity index (χ0n) is 9.58. The highest BCUT2D eigenvalue weighted by molar-refractivity contribution is 6.35. The van der Waals surface area contributed by atoms with Gasteiger partial charge >= 0.3 is 5.97 Å². The molecule has 0 aliphatic rings. The monoisotopic (exact) mass is 317 g/mol. The third-order valence-electron chi connectivity index (χ3n) is 2.31. The highest BCUT2D eigenvalue weighted by Gasteiger charge is 2.20. The van der Waals surface area contributed by atoms with Gasteiger partial charge in [0.1, 0.15) is 0 Å². The Balaban J connectivity index is 2.28. The van der Waals surface area contributed by atoms with E-state index in [-0.39, 0.29) is 27.1 Å². The number of halogens is 3. The largest absolute Gasteiger partial charge is 0.477 e. The molecule has 1 aromatic carbocycles. The van der Waals surface area contributed by atoms with Gasteiger partial charge in [0.05, 0.1) is 16.4 Å². The molecule has 0 radical (unpaired) electrons. The summed E-state index contributed by atoms with van der Waals surface area (Å²) in [5.41, 5.74) is -0.554. The van der Waals surface area contributed by atoms with Crippen molar-refractivity contribution in [1.82, 2.24) is 9.97 Å². The first kappa shape index (κ1) is 14.3. The molecule has 3 N–H and O–H groups in total. The van der Waals surface area contributed by atoms with Gasteiger partial charge in [-0.25, -0.2) is 14.2 Å². The van der Waals surface area contributed by atoms with E-state index in [9.17, 15) is 14.0 Å². The number of nitrogens with zero attached hydrogens (tertiary/aromatic N) is 1. The summed E-state index contributed by atoms with van der Waals surface area (Å²) >= 11 is 11.2. The van der Waals surface area contributed by atoms with Crippen molar-refractivity contribution < 1.29 is 19.1 Å². The number of carbonyl (C=O) groups is 2. The van der Waals surface area contributed by atoms with Crippen LogP contribution in [0, 0.1) is 5.82 Å². The van der Waals surface area contributed by atoms with Crippen molar-refractivity contribution in [1.29, 1.82) is 0 Å². The standard InChI is InChI=1S/C11H6Cl2FN3O3/c12-5-1-4(2-6(13)7(5)14)17-10(18)8-9(11(19)20)16-3-15-8/h1-3H,(H,15,16)(H,17,18)(H,19,20). The van der Waals surface area contributed by atoms with Crippen molar-refractivity contribution in [3.05, 3.63) is 45.7 Å². The Bertz CT molecular complexity index is 679. The Hall–Kier alpha value is -2.12. The molecule has 2 rings (SSSR count). The fourth-order valence-electron chi connectivity index (χ4n) is 1.45. The minimum Gasteiger partial charge on any atom is -0.477 e. The number of imidazole rings is 1. The Kier molecular flexibility index (Phi) is 3.91. The number of aromatic nitrogens is 2. The number of rotatable bonds is 3. The van der Waals surface area contributed by atoms with Crippen LogP contribution in [0.2, 0.25) is 10.0 Å². The first-order valence-electron chi connectivity index (χ1n) is 5.12. The van der Waals surface area contributed by atoms with Crippen molar-refractivity contribution in [2.45, 2.75) is 0 Å². The van der Waals surface area contributed by atoms with Crippen LogP contribution in [0.15, 0.2) is 18.5 Å². The fraction of sp³-hybridized carbons (Fsp3) is 0. The third kappa shape index (κ3) is 2.73. The van der Waals surface area contributed by atoms with Crippen LogP contribution in [0.4, 0.5) is 10.1 Å². The number of aromatic amines is 1. The van der Waals surface area contributed by atoms with E-state index in [0.29, 0.717) is 0 Å². The van der Waals surface area contributed by atoms with E-state index < -0.39 is 17.7 Å². The van der Waals surface area contributed by atoms with Gasteiger partial charge in [-0.1, -0.05) is 23.2 Å². The Labute approximate surface area is 121 Å². The van der Waals surface area contributed by atoms with Crippen LogP contribution in [0.5, 0.6) is 0 Å². The summed E-state index contributed by atoms with van der Waals surface area (Å²) in [5.74, 6) is -2.93. The first-order chi connectivity index (χ1) is 9.40. The lowest BCUT2D eigenvalue weighted by atomic mass is 10.2. The van der Waals surface area contributed by atoms with Crippen LogP contribution in [-0.4, -0.2) is 27.0 Å². The number of H-pyrrole nitrogens is 1. The van der Waals surface area contributed by atoms with Crippen molar-refractivity contribution in [2.75, 3.05) is 5.32 Å². The van der Waals surface area contributed by atoms with Gasteiger partial charge in [-0.05, 0) is 12.1 Å². The number of amides is 1. The number of anilines is 1. The molecule has 2 aromatic rings. The van der Waals surface area contributed by atoms with Crippen LogP contribution in [0.25, 0.3) is 0 Å². The number of nitrogens with one attached hydrogen (secondary N) is 2. The molecule has 0 fully saturated rings. The molecule has 0 aliphatic carbocycles. The number of carboxylic acids is 1. The molecular formula is C11H6Cl2FN3O3. The number of benzene rings is 1. The van der Waals surface area contributed by atoms with Gasteiger partial charge in [0, 0.05) is 5.69 Å². The molecule has 0 spiro atoms. The molecule has 0 atom stereocenters. The zero-order valence-corrected chi connectivity index (χ0v) is 11.1. The van der Waals surface area contributed by atoms with E-state index in [1.54, 1.807) is 0 Å². The zero-order chi connectivity index (χ0) is 14.9. The SMILES string of the molecule is O=C(Nc1cc(Cl)c(F)c(Cl)c1)c1nc[nH]c1C(=O)O. The Morgan fingerprint density at radius 1 is 1.30 bits per heavy atom. The molecule has 0 aliphatic heterocycles. The van der Waals surface area contributed by atoms with Gasteiger partial charge in [0.25, 0.3) is 5.91 Å². The topological polar surface area (TPSA) is 95.1 Å². The molecule has 9 heteroatoms. The maximum atomic E-state index is 13.2. The van der Waals surface area contributed by atoms with Gasteiger partial charge in [0.2, 0.25) is 0 Å². The van der Waals surface area contributed by atoms with Gasteiger partial charge in [-0.2, -0.15) is 0 Å². The number of hydrogen-bond acceptors (Lipinski definition) is 3. The van der Waals surface area contributed by atoms with E-state index in [0.717, 1.165) is 18.5 Å². The minimum absolute atomic E-state index is 0.116. The van der Waals surface area contributed by atoms with Crippen LogP contribution < -0.4 is 5.32 Å². The van der Waals surface area contributed by atoms with Gasteiger partial charge in [-0.3, -0.25) is 4.79 Å². The normalized spacial score (nSPS) is 10.3. The summed E-state index contributed by atoms with van der Waals surface area (Å²) < 4.78 is 13.2. The summed E-state index contributed by atoms with van der Waals surface area (Å²) in [7, 11) is 0. The number of carbonyl (C=O) groups excluding carboxylic acids is 1. The second-order valence-corrected chi connectivity index (χ2v) is 4.45. The fourth-order valence-corrected chi connectivity index (χ4v) is 1.93. The third-order valence-corrected chi connectivity index (χ3v) is 2.86. The molecule has 1 heterocycles. The molecule has 6 nitrogen and oxygen atoms in total. The van der Waals surface area contributed by atoms with E-state index in [1.807, 2.05) is 0 Å². The highest BCUT2D eigenvalue weighted by Crippen LogP contribution is 2.27. The predicted molar refractivity (Wildman–Crippen MR) is 69.9 cm³/mol. The van der Waals surface area contributed by atoms with Crippen LogP contribution in [-0.2, 0) is 0 Å². The molecule has 0 saturated carbocycles. The summed E-state index contributed by atoms with van der Waals surface area (Å²) in [4.78, 5) is 28.6. The second-order valence-electron chi connectivity index (χ2n) is 3.64. The van der Waals surface area contributed by atoms with Crippen LogP contribution >= 0.6 is 23.2 Å². The first-order valence-corrected chi connectivity index (χ1v) is 5.88. The van der Waals surface area contributed by atoms with Crippen LogP contribution in [0.3, 0.4) is 0 Å². The molecule has 104 valence electrons. The molecule has 20 heavy (non-hydrogen) atoms. The van der Waals surface area contributed by atoms with Crippen molar-refractivity contribution in [2.24, 2.45) is 0 Å². The quantitative estimate of drug-likeness (QED) is 0.758. The summed E-state index contributed by atoms with van der Waals surface area (Å²) in [5, 5.41) is 10.6. The summed E-state index contributed by atoms with van der Waals surface area (Å²) in [6.45, 7) is 0. The Morgan fingerprint density at radius 2 is 1.90 bits per heavy atom. The highest BCUT2D eigenvalue weighted by atomic mass is 35.5. The molecule has 1 aromatic heterocycles. The average molecular weight is 318 g/mol. The maximum Gasteiger partial charge on any atom is 0.354 e. The Morgan fingerprint density at radius 3 is 2.45 bits per heavy atom. The summed E-state index contributed by atoms with van der Waals surface area (Å²) in [6.07, 6.45) is 1.07. The molecule has 0 bridgehead atoms. The van der Waals surface area contributed by atoms with Crippen molar-refractivity contribution >= 4 is 40.8 Å². The lowest BCUT2D eigenvalue weighted by molar-refractivity contribution is 0.0686. The lowest BCUT2D eigenvalue weighted by Crippen LogP contribution is -2.16. The van der Waals surface area contributed by atoms with E-state index in [1.165, 1.54) is 0 Å². The number of hydrogen-bond donors (Lipinski definition) is 3.